The topological polar surface area (TPSA) is 26.3 Å². The van der Waals surface area contributed by atoms with Gasteiger partial charge in [0.2, 0.25) is 0 Å². The van der Waals surface area contributed by atoms with Gasteiger partial charge in [0.15, 0.2) is 0 Å². The van der Waals surface area contributed by atoms with E-state index in [9.17, 15) is 9.18 Å². The molecule has 1 aromatic rings. The average Bonchev–Trinajstić information content (AvgIpc) is 2.96. The quantitative estimate of drug-likeness (QED) is 0.842. The van der Waals surface area contributed by atoms with Gasteiger partial charge in [-0.05, 0) is 37.0 Å². The molecule has 3 unspecified atom stereocenters. The van der Waals surface area contributed by atoms with Crippen LogP contribution in [0.5, 0.6) is 0 Å². The molecule has 2 aliphatic rings. The van der Waals surface area contributed by atoms with E-state index >= 15 is 0 Å². The lowest BCUT2D eigenvalue weighted by Crippen LogP contribution is -2.26. The van der Waals surface area contributed by atoms with Crippen molar-refractivity contribution in [1.82, 2.24) is 0 Å². The fourth-order valence-corrected chi connectivity index (χ4v) is 3.16. The van der Waals surface area contributed by atoms with Crippen LogP contribution in [0.15, 0.2) is 18.2 Å². The number of hydrogen-bond donors (Lipinski definition) is 0. The number of Topliss-reactive ketones (excluding diaryl/α,β-unsaturated/α-hetero) is 1. The first-order valence-corrected chi connectivity index (χ1v) is 6.63. The molecule has 3 atom stereocenters. The zero-order valence-corrected chi connectivity index (χ0v) is 10.6. The zero-order valence-electron chi connectivity index (χ0n) is 9.86. The fourth-order valence-electron chi connectivity index (χ4n) is 2.96. The van der Waals surface area contributed by atoms with Crippen LogP contribution in [0.2, 0.25) is 5.02 Å². The number of rotatable bonds is 3. The summed E-state index contributed by atoms with van der Waals surface area (Å²) >= 11 is 5.71. The number of carbonyl (C=O) groups excluding carboxylic acids is 1. The number of hydrogen-bond acceptors (Lipinski definition) is 2. The third-order valence-corrected chi connectivity index (χ3v) is 4.17. The predicted molar refractivity (Wildman–Crippen MR) is 66.1 cm³/mol. The summed E-state index contributed by atoms with van der Waals surface area (Å²) in [6.07, 6.45) is 3.62. The zero-order chi connectivity index (χ0) is 12.7. The number of ether oxygens (including phenoxy) is 1. The molecule has 2 nitrogen and oxygen atoms in total. The molecule has 0 aromatic heterocycles. The predicted octanol–water partition coefficient (Wildman–Crippen LogP) is 3.16. The Morgan fingerprint density at radius 3 is 2.89 bits per heavy atom. The molecule has 4 heteroatoms. The Kier molecular flexibility index (Phi) is 3.12. The summed E-state index contributed by atoms with van der Waals surface area (Å²) in [5.41, 5.74) is 0.772. The van der Waals surface area contributed by atoms with Gasteiger partial charge in [-0.25, -0.2) is 4.39 Å². The third kappa shape index (κ3) is 2.17. The smallest absolute Gasteiger partial charge is 0.143 e. The van der Waals surface area contributed by atoms with Crippen LogP contribution in [0.3, 0.4) is 0 Å². The number of benzene rings is 1. The van der Waals surface area contributed by atoms with Crippen LogP contribution in [-0.2, 0) is 16.0 Å². The van der Waals surface area contributed by atoms with E-state index in [2.05, 4.69) is 0 Å². The van der Waals surface area contributed by atoms with Gasteiger partial charge >= 0.3 is 0 Å². The molecule has 2 fully saturated rings. The molecule has 0 spiro atoms. The maximum absolute atomic E-state index is 13.0. The summed E-state index contributed by atoms with van der Waals surface area (Å²) in [4.78, 5) is 12.2. The molecule has 0 N–H and O–H groups in total. The lowest BCUT2D eigenvalue weighted by atomic mass is 9.84. The SMILES string of the molecule is O=C(Cc1ccc(F)c(Cl)c1)C1CC2CCC1O2. The molecule has 0 saturated carbocycles. The molecule has 3 rings (SSSR count). The Morgan fingerprint density at radius 2 is 2.28 bits per heavy atom. The minimum absolute atomic E-state index is 0.0209. The molecule has 2 heterocycles. The van der Waals surface area contributed by atoms with Crippen LogP contribution in [0, 0.1) is 11.7 Å². The Labute approximate surface area is 110 Å². The largest absolute Gasteiger partial charge is 0.374 e. The average molecular weight is 269 g/mol. The number of carbonyl (C=O) groups is 1. The maximum atomic E-state index is 13.0. The molecule has 18 heavy (non-hydrogen) atoms. The Hall–Kier alpha value is -0.930. The van der Waals surface area contributed by atoms with Gasteiger partial charge in [-0.15, -0.1) is 0 Å². The first-order chi connectivity index (χ1) is 8.63. The lowest BCUT2D eigenvalue weighted by Gasteiger charge is -2.17. The van der Waals surface area contributed by atoms with E-state index in [4.69, 9.17) is 16.3 Å². The van der Waals surface area contributed by atoms with Crippen LogP contribution in [0.1, 0.15) is 24.8 Å². The summed E-state index contributed by atoms with van der Waals surface area (Å²) in [6, 6.07) is 4.46. The molecule has 0 radical (unpaired) electrons. The van der Waals surface area contributed by atoms with Crippen LogP contribution in [0.4, 0.5) is 4.39 Å². The molecule has 1 aromatic carbocycles. The molecule has 2 saturated heterocycles. The van der Waals surface area contributed by atoms with E-state index in [0.717, 1.165) is 24.8 Å². The lowest BCUT2D eigenvalue weighted by molar-refractivity contribution is -0.123. The minimum Gasteiger partial charge on any atom is -0.374 e. The number of halogens is 2. The fraction of sp³-hybridized carbons (Fsp3) is 0.500. The first-order valence-electron chi connectivity index (χ1n) is 6.25. The van der Waals surface area contributed by atoms with E-state index in [1.54, 1.807) is 6.07 Å². The van der Waals surface area contributed by atoms with Crippen molar-refractivity contribution in [2.24, 2.45) is 5.92 Å². The van der Waals surface area contributed by atoms with Crippen molar-refractivity contribution < 1.29 is 13.9 Å². The standard InChI is InChI=1S/C14H14ClFO2/c15-11-5-8(1-3-12(11)16)6-13(17)10-7-9-2-4-14(10)18-9/h1,3,5,9-10,14H,2,4,6-7H2. The summed E-state index contributed by atoms with van der Waals surface area (Å²) in [5.74, 6) is -0.242. The van der Waals surface area contributed by atoms with Gasteiger partial charge in [0.1, 0.15) is 11.6 Å². The molecular weight excluding hydrogens is 255 g/mol. The van der Waals surface area contributed by atoms with Crippen LogP contribution < -0.4 is 0 Å². The monoisotopic (exact) mass is 268 g/mol. The van der Waals surface area contributed by atoms with Crippen molar-refractivity contribution >= 4 is 17.4 Å². The van der Waals surface area contributed by atoms with Crippen molar-refractivity contribution in [2.45, 2.75) is 37.9 Å². The van der Waals surface area contributed by atoms with Crippen molar-refractivity contribution in [3.63, 3.8) is 0 Å². The van der Waals surface area contributed by atoms with Crippen molar-refractivity contribution in [3.05, 3.63) is 34.6 Å². The van der Waals surface area contributed by atoms with Gasteiger partial charge in [0, 0.05) is 12.3 Å². The highest BCUT2D eigenvalue weighted by molar-refractivity contribution is 6.30. The highest BCUT2D eigenvalue weighted by Gasteiger charge is 2.43. The second-order valence-corrected chi connectivity index (χ2v) is 5.51. The maximum Gasteiger partial charge on any atom is 0.143 e. The molecule has 96 valence electrons. The summed E-state index contributed by atoms with van der Waals surface area (Å²) in [5, 5.41) is 0.0736. The molecular formula is C14H14ClFO2. The number of fused-ring (bicyclic) bond motifs is 2. The Bertz CT molecular complexity index is 489. The second-order valence-electron chi connectivity index (χ2n) is 5.11. The first kappa shape index (κ1) is 12.1. The highest BCUT2D eigenvalue weighted by atomic mass is 35.5. The van der Waals surface area contributed by atoms with Crippen molar-refractivity contribution in [2.75, 3.05) is 0 Å². The van der Waals surface area contributed by atoms with E-state index in [0.29, 0.717) is 6.42 Å². The normalized spacial score (nSPS) is 29.8. The number of ketones is 1. The van der Waals surface area contributed by atoms with E-state index < -0.39 is 5.82 Å². The molecule has 0 aliphatic carbocycles. The summed E-state index contributed by atoms with van der Waals surface area (Å²) < 4.78 is 18.7. The van der Waals surface area contributed by atoms with Gasteiger partial charge in [0.05, 0.1) is 17.2 Å². The van der Waals surface area contributed by atoms with E-state index in [1.165, 1.54) is 12.1 Å². The summed E-state index contributed by atoms with van der Waals surface area (Å²) in [6.45, 7) is 0. The van der Waals surface area contributed by atoms with Gasteiger partial charge in [0.25, 0.3) is 0 Å². The Morgan fingerprint density at radius 1 is 1.44 bits per heavy atom. The highest BCUT2D eigenvalue weighted by Crippen LogP contribution is 2.39. The molecule has 2 bridgehead atoms. The van der Waals surface area contributed by atoms with E-state index in [1.807, 2.05) is 0 Å². The van der Waals surface area contributed by atoms with Crippen LogP contribution >= 0.6 is 11.6 Å². The van der Waals surface area contributed by atoms with Crippen LogP contribution in [0.25, 0.3) is 0 Å². The Balaban J connectivity index is 1.69. The molecule has 2 aliphatic heterocycles. The van der Waals surface area contributed by atoms with Gasteiger partial charge < -0.3 is 4.74 Å². The molecule has 0 amide bonds. The third-order valence-electron chi connectivity index (χ3n) is 3.88. The van der Waals surface area contributed by atoms with Gasteiger partial charge in [-0.2, -0.15) is 0 Å². The van der Waals surface area contributed by atoms with Crippen molar-refractivity contribution in [3.8, 4) is 0 Å². The van der Waals surface area contributed by atoms with E-state index in [-0.39, 0.29) is 28.9 Å². The van der Waals surface area contributed by atoms with Gasteiger partial charge in [-0.3, -0.25) is 4.79 Å². The minimum atomic E-state index is -0.448. The second kappa shape index (κ2) is 4.63. The van der Waals surface area contributed by atoms with Crippen LogP contribution in [-0.4, -0.2) is 18.0 Å². The summed E-state index contributed by atoms with van der Waals surface area (Å²) in [7, 11) is 0. The van der Waals surface area contributed by atoms with Crippen molar-refractivity contribution in [1.29, 1.82) is 0 Å². The van der Waals surface area contributed by atoms with Gasteiger partial charge in [-0.1, -0.05) is 17.7 Å².